The van der Waals surface area contributed by atoms with Crippen LogP contribution in [0.5, 0.6) is 0 Å². The lowest BCUT2D eigenvalue weighted by atomic mass is 9.92. The summed E-state index contributed by atoms with van der Waals surface area (Å²) in [6.45, 7) is 2.01. The van der Waals surface area contributed by atoms with Crippen LogP contribution in [-0.4, -0.2) is 23.8 Å². The van der Waals surface area contributed by atoms with E-state index in [2.05, 4.69) is 23.1 Å². The van der Waals surface area contributed by atoms with Crippen LogP contribution in [0.4, 0.5) is 0 Å². The smallest absolute Gasteiger partial charge is 0.155 e. The van der Waals surface area contributed by atoms with E-state index in [1.807, 2.05) is 6.07 Å². The van der Waals surface area contributed by atoms with Gasteiger partial charge in [-0.2, -0.15) is 0 Å². The van der Waals surface area contributed by atoms with E-state index in [9.17, 15) is 4.79 Å². The van der Waals surface area contributed by atoms with Crippen molar-refractivity contribution in [3.05, 3.63) is 35.4 Å². The Kier molecular flexibility index (Phi) is 1.71. The SMILES string of the molecule is O=C1CCN2CCc3ccccc3C12. The Morgan fingerprint density at radius 1 is 1.14 bits per heavy atom. The van der Waals surface area contributed by atoms with Crippen molar-refractivity contribution >= 4 is 5.78 Å². The minimum atomic E-state index is 0.0833. The van der Waals surface area contributed by atoms with E-state index in [0.717, 1.165) is 25.9 Å². The highest BCUT2D eigenvalue weighted by atomic mass is 16.1. The van der Waals surface area contributed by atoms with Crippen LogP contribution in [0.3, 0.4) is 0 Å². The summed E-state index contributed by atoms with van der Waals surface area (Å²) < 4.78 is 0. The van der Waals surface area contributed by atoms with Gasteiger partial charge in [0.15, 0.2) is 5.78 Å². The van der Waals surface area contributed by atoms with Crippen molar-refractivity contribution in [1.82, 2.24) is 4.90 Å². The normalized spacial score (nSPS) is 26.0. The highest BCUT2D eigenvalue weighted by Gasteiger charge is 2.36. The zero-order valence-electron chi connectivity index (χ0n) is 8.07. The third kappa shape index (κ3) is 1.04. The molecular formula is C12H13NO. The molecule has 0 saturated carbocycles. The van der Waals surface area contributed by atoms with Gasteiger partial charge in [-0.25, -0.2) is 0 Å². The molecule has 1 atom stereocenters. The zero-order valence-corrected chi connectivity index (χ0v) is 8.07. The first kappa shape index (κ1) is 8.18. The fourth-order valence-electron chi connectivity index (χ4n) is 2.63. The van der Waals surface area contributed by atoms with Gasteiger partial charge in [0.1, 0.15) is 0 Å². The standard InChI is InChI=1S/C12H13NO/c14-11-6-8-13-7-5-9-3-1-2-4-10(9)12(11)13/h1-4,12H,5-8H2. The number of hydrogen-bond acceptors (Lipinski definition) is 2. The summed E-state index contributed by atoms with van der Waals surface area (Å²) in [4.78, 5) is 14.0. The number of rotatable bonds is 0. The Hall–Kier alpha value is -1.15. The van der Waals surface area contributed by atoms with Gasteiger partial charge in [0, 0.05) is 19.5 Å². The zero-order chi connectivity index (χ0) is 9.54. The van der Waals surface area contributed by atoms with E-state index in [-0.39, 0.29) is 6.04 Å². The van der Waals surface area contributed by atoms with Crippen LogP contribution in [0.1, 0.15) is 23.6 Å². The molecular weight excluding hydrogens is 174 g/mol. The number of ketones is 1. The molecule has 0 bridgehead atoms. The van der Waals surface area contributed by atoms with Gasteiger partial charge in [0.2, 0.25) is 0 Å². The molecule has 0 aromatic heterocycles. The summed E-state index contributed by atoms with van der Waals surface area (Å²) in [5.74, 6) is 0.400. The van der Waals surface area contributed by atoms with E-state index in [4.69, 9.17) is 0 Å². The molecule has 2 heterocycles. The molecule has 3 rings (SSSR count). The van der Waals surface area contributed by atoms with Gasteiger partial charge < -0.3 is 0 Å². The van der Waals surface area contributed by atoms with Crippen molar-refractivity contribution in [2.45, 2.75) is 18.9 Å². The summed E-state index contributed by atoms with van der Waals surface area (Å²) in [7, 11) is 0. The van der Waals surface area contributed by atoms with Crippen molar-refractivity contribution in [2.75, 3.05) is 13.1 Å². The molecule has 0 aliphatic carbocycles. The molecule has 0 N–H and O–H groups in total. The van der Waals surface area contributed by atoms with Gasteiger partial charge in [-0.15, -0.1) is 0 Å². The second kappa shape index (κ2) is 2.92. The topological polar surface area (TPSA) is 20.3 Å². The molecule has 1 aromatic rings. The van der Waals surface area contributed by atoms with Crippen LogP contribution in [0.2, 0.25) is 0 Å². The van der Waals surface area contributed by atoms with Crippen LogP contribution in [0.25, 0.3) is 0 Å². The average Bonchev–Trinajstić information content (AvgIpc) is 2.61. The van der Waals surface area contributed by atoms with Crippen molar-refractivity contribution in [3.8, 4) is 0 Å². The number of carbonyl (C=O) groups is 1. The second-order valence-corrected chi connectivity index (χ2v) is 4.10. The van der Waals surface area contributed by atoms with Gasteiger partial charge in [-0.05, 0) is 17.5 Å². The fraction of sp³-hybridized carbons (Fsp3) is 0.417. The number of nitrogens with zero attached hydrogens (tertiary/aromatic N) is 1. The minimum absolute atomic E-state index is 0.0833. The van der Waals surface area contributed by atoms with E-state index >= 15 is 0 Å². The predicted molar refractivity (Wildman–Crippen MR) is 54.1 cm³/mol. The van der Waals surface area contributed by atoms with Gasteiger partial charge in [0.25, 0.3) is 0 Å². The minimum Gasteiger partial charge on any atom is -0.297 e. The molecule has 2 aliphatic heterocycles. The first-order valence-electron chi connectivity index (χ1n) is 5.21. The Labute approximate surface area is 83.5 Å². The van der Waals surface area contributed by atoms with Crippen molar-refractivity contribution in [3.63, 3.8) is 0 Å². The van der Waals surface area contributed by atoms with Crippen LogP contribution in [0.15, 0.2) is 24.3 Å². The highest BCUT2D eigenvalue weighted by molar-refractivity contribution is 5.88. The number of benzene rings is 1. The third-order valence-corrected chi connectivity index (χ3v) is 3.33. The lowest BCUT2D eigenvalue weighted by Crippen LogP contribution is -2.32. The molecule has 1 saturated heterocycles. The summed E-state index contributed by atoms with van der Waals surface area (Å²) in [5.41, 5.74) is 2.62. The number of fused-ring (bicyclic) bond motifs is 3. The Bertz CT molecular complexity index is 386. The predicted octanol–water partition coefficient (Wildman–Crippen LogP) is 1.56. The quantitative estimate of drug-likeness (QED) is 0.614. The maximum atomic E-state index is 11.7. The maximum absolute atomic E-state index is 11.7. The summed E-state index contributed by atoms with van der Waals surface area (Å²) in [6.07, 6.45) is 1.83. The monoisotopic (exact) mass is 187 g/mol. The molecule has 2 nitrogen and oxygen atoms in total. The highest BCUT2D eigenvalue weighted by Crippen LogP contribution is 2.34. The van der Waals surface area contributed by atoms with Crippen LogP contribution < -0.4 is 0 Å². The lowest BCUT2D eigenvalue weighted by molar-refractivity contribution is -0.120. The first-order chi connectivity index (χ1) is 6.86. The third-order valence-electron chi connectivity index (χ3n) is 3.33. The maximum Gasteiger partial charge on any atom is 0.155 e. The molecule has 1 aromatic carbocycles. The molecule has 72 valence electrons. The Morgan fingerprint density at radius 2 is 1.93 bits per heavy atom. The van der Waals surface area contributed by atoms with Gasteiger partial charge >= 0.3 is 0 Å². The Balaban J connectivity index is 2.11. The van der Waals surface area contributed by atoms with E-state index in [0.29, 0.717) is 5.78 Å². The Morgan fingerprint density at radius 3 is 2.86 bits per heavy atom. The second-order valence-electron chi connectivity index (χ2n) is 4.10. The van der Waals surface area contributed by atoms with Gasteiger partial charge in [-0.1, -0.05) is 24.3 Å². The van der Waals surface area contributed by atoms with E-state index in [1.165, 1.54) is 11.1 Å². The number of hydrogen-bond donors (Lipinski definition) is 0. The summed E-state index contributed by atoms with van der Waals surface area (Å²) in [5, 5.41) is 0. The molecule has 1 unspecified atom stereocenters. The number of carbonyl (C=O) groups excluding carboxylic acids is 1. The van der Waals surface area contributed by atoms with Crippen LogP contribution in [0, 0.1) is 0 Å². The van der Waals surface area contributed by atoms with Crippen LogP contribution >= 0.6 is 0 Å². The molecule has 14 heavy (non-hydrogen) atoms. The van der Waals surface area contributed by atoms with Crippen molar-refractivity contribution in [1.29, 1.82) is 0 Å². The lowest BCUT2D eigenvalue weighted by Gasteiger charge is -2.30. The molecule has 2 aliphatic rings. The molecule has 0 amide bonds. The van der Waals surface area contributed by atoms with E-state index < -0.39 is 0 Å². The first-order valence-corrected chi connectivity index (χ1v) is 5.21. The van der Waals surface area contributed by atoms with Gasteiger partial charge in [-0.3, -0.25) is 9.69 Å². The van der Waals surface area contributed by atoms with Crippen LogP contribution in [-0.2, 0) is 11.2 Å². The summed E-state index contributed by atoms with van der Waals surface area (Å²) >= 11 is 0. The average molecular weight is 187 g/mol. The molecule has 1 fully saturated rings. The van der Waals surface area contributed by atoms with Gasteiger partial charge in [0.05, 0.1) is 6.04 Å². The molecule has 0 spiro atoms. The van der Waals surface area contributed by atoms with E-state index in [1.54, 1.807) is 0 Å². The van der Waals surface area contributed by atoms with Crippen molar-refractivity contribution < 1.29 is 4.79 Å². The number of Topliss-reactive ketones (excluding diaryl/α,β-unsaturated/α-hetero) is 1. The summed E-state index contributed by atoms with van der Waals surface area (Å²) in [6, 6.07) is 8.44. The van der Waals surface area contributed by atoms with Crippen molar-refractivity contribution in [2.24, 2.45) is 0 Å². The molecule has 0 radical (unpaired) electrons. The largest absolute Gasteiger partial charge is 0.297 e. The molecule has 2 heteroatoms. The fourth-order valence-corrected chi connectivity index (χ4v) is 2.63.